The van der Waals surface area contributed by atoms with Crippen LogP contribution >= 0.6 is 0 Å². The topological polar surface area (TPSA) is 87.5 Å². The zero-order chi connectivity index (χ0) is 18.2. The molecular formula is C16H12F3NO4. The Balaban J connectivity index is 3.04. The maximum absolute atomic E-state index is 13.3. The summed E-state index contributed by atoms with van der Waals surface area (Å²) in [6.07, 6.45) is -4.77. The smallest absolute Gasteiger partial charge is 0.417 e. The van der Waals surface area contributed by atoms with Crippen LogP contribution in [0, 0.1) is 13.8 Å². The van der Waals surface area contributed by atoms with Crippen molar-refractivity contribution in [3.63, 3.8) is 0 Å². The predicted molar refractivity (Wildman–Crippen MR) is 78.1 cm³/mol. The Morgan fingerprint density at radius 3 is 1.83 bits per heavy atom. The Labute approximate surface area is 134 Å². The molecular weight excluding hydrogens is 327 g/mol. The lowest BCUT2D eigenvalue weighted by Crippen LogP contribution is -2.16. The zero-order valence-electron chi connectivity index (χ0n) is 12.6. The van der Waals surface area contributed by atoms with E-state index in [1.54, 1.807) is 0 Å². The molecule has 0 fully saturated rings. The summed E-state index contributed by atoms with van der Waals surface area (Å²) >= 11 is 0. The van der Waals surface area contributed by atoms with E-state index in [0.717, 1.165) is 18.2 Å². The SMILES string of the molecule is Cc1nc(C)c(C(=O)O)c(-c2ccccc2C(F)(F)F)c1C(=O)O. The highest BCUT2D eigenvalue weighted by atomic mass is 19.4. The average molecular weight is 339 g/mol. The van der Waals surface area contributed by atoms with Gasteiger partial charge in [0.05, 0.1) is 28.1 Å². The molecule has 0 amide bonds. The number of aromatic carboxylic acids is 2. The standard InChI is InChI=1S/C16H12F3NO4/c1-7-11(14(21)22)13(12(15(23)24)8(2)20-7)9-5-3-4-6-10(9)16(17,18)19/h3-6H,1-2H3,(H,21,22)(H,23,24). The molecule has 0 aliphatic carbocycles. The molecule has 0 radical (unpaired) electrons. The van der Waals surface area contributed by atoms with E-state index < -0.39 is 45.9 Å². The van der Waals surface area contributed by atoms with Crippen LogP contribution in [0.5, 0.6) is 0 Å². The molecule has 2 N–H and O–H groups in total. The number of rotatable bonds is 3. The molecule has 0 saturated carbocycles. The summed E-state index contributed by atoms with van der Waals surface area (Å²) in [6, 6.07) is 4.26. The van der Waals surface area contributed by atoms with Crippen molar-refractivity contribution in [2.24, 2.45) is 0 Å². The highest BCUT2D eigenvalue weighted by molar-refractivity contribution is 6.06. The number of carboxylic acid groups (broad SMARTS) is 2. The van der Waals surface area contributed by atoms with Gasteiger partial charge in [-0.2, -0.15) is 13.2 Å². The van der Waals surface area contributed by atoms with Gasteiger partial charge in [-0.25, -0.2) is 9.59 Å². The lowest BCUT2D eigenvalue weighted by Gasteiger charge is -2.18. The number of hydrogen-bond donors (Lipinski definition) is 2. The van der Waals surface area contributed by atoms with Crippen LogP contribution in [0.2, 0.25) is 0 Å². The fraction of sp³-hybridized carbons (Fsp3) is 0.188. The molecule has 1 heterocycles. The number of pyridine rings is 1. The van der Waals surface area contributed by atoms with Crippen LogP contribution in [0.25, 0.3) is 11.1 Å². The number of hydrogen-bond acceptors (Lipinski definition) is 3. The van der Waals surface area contributed by atoms with E-state index >= 15 is 0 Å². The van der Waals surface area contributed by atoms with Crippen molar-refractivity contribution in [1.29, 1.82) is 0 Å². The molecule has 126 valence electrons. The van der Waals surface area contributed by atoms with Gasteiger partial charge >= 0.3 is 18.1 Å². The minimum atomic E-state index is -4.77. The van der Waals surface area contributed by atoms with Crippen molar-refractivity contribution in [2.75, 3.05) is 0 Å². The quantitative estimate of drug-likeness (QED) is 0.888. The molecule has 0 bridgehead atoms. The first-order valence-corrected chi connectivity index (χ1v) is 6.70. The number of benzene rings is 1. The van der Waals surface area contributed by atoms with Gasteiger partial charge in [0.2, 0.25) is 0 Å². The van der Waals surface area contributed by atoms with E-state index in [1.807, 2.05) is 0 Å². The van der Waals surface area contributed by atoms with E-state index in [4.69, 9.17) is 0 Å². The average Bonchev–Trinajstić information content (AvgIpc) is 2.44. The van der Waals surface area contributed by atoms with Crippen molar-refractivity contribution in [1.82, 2.24) is 4.98 Å². The van der Waals surface area contributed by atoms with Gasteiger partial charge in [-0.1, -0.05) is 18.2 Å². The third-order valence-electron chi connectivity index (χ3n) is 3.49. The second-order valence-electron chi connectivity index (χ2n) is 5.06. The van der Waals surface area contributed by atoms with Crippen LogP contribution in [-0.4, -0.2) is 27.1 Å². The molecule has 2 rings (SSSR count). The lowest BCUT2D eigenvalue weighted by atomic mass is 9.89. The fourth-order valence-corrected chi connectivity index (χ4v) is 2.59. The third kappa shape index (κ3) is 2.94. The van der Waals surface area contributed by atoms with E-state index in [-0.39, 0.29) is 11.4 Å². The maximum Gasteiger partial charge on any atom is 0.417 e. The third-order valence-corrected chi connectivity index (χ3v) is 3.49. The van der Waals surface area contributed by atoms with Crippen molar-refractivity contribution >= 4 is 11.9 Å². The maximum atomic E-state index is 13.3. The Bertz CT molecular complexity index is 806. The highest BCUT2D eigenvalue weighted by Crippen LogP contribution is 2.40. The number of nitrogens with zero attached hydrogens (tertiary/aromatic N) is 1. The molecule has 0 atom stereocenters. The number of carbonyl (C=O) groups is 2. The molecule has 0 aliphatic heterocycles. The molecule has 0 aliphatic rings. The van der Waals surface area contributed by atoms with Crippen molar-refractivity contribution in [2.45, 2.75) is 20.0 Å². The van der Waals surface area contributed by atoms with E-state index in [9.17, 15) is 33.0 Å². The molecule has 0 saturated heterocycles. The molecule has 8 heteroatoms. The fourth-order valence-electron chi connectivity index (χ4n) is 2.59. The summed E-state index contributed by atoms with van der Waals surface area (Å²) in [5, 5.41) is 18.8. The van der Waals surface area contributed by atoms with E-state index in [1.165, 1.54) is 19.9 Å². The van der Waals surface area contributed by atoms with Gasteiger partial charge in [-0.15, -0.1) is 0 Å². The zero-order valence-corrected chi connectivity index (χ0v) is 12.6. The second-order valence-corrected chi connectivity index (χ2v) is 5.06. The Hall–Kier alpha value is -2.90. The number of aryl methyl sites for hydroxylation is 2. The molecule has 2 aromatic rings. The van der Waals surface area contributed by atoms with Gasteiger partial charge in [0.1, 0.15) is 0 Å². The largest absolute Gasteiger partial charge is 0.478 e. The van der Waals surface area contributed by atoms with Crippen molar-refractivity contribution < 1.29 is 33.0 Å². The molecule has 1 aromatic carbocycles. The monoisotopic (exact) mass is 339 g/mol. The number of aromatic nitrogens is 1. The number of carboxylic acids is 2. The van der Waals surface area contributed by atoms with Crippen molar-refractivity contribution in [3.05, 3.63) is 52.3 Å². The van der Waals surface area contributed by atoms with Gasteiger partial charge in [-0.3, -0.25) is 4.98 Å². The predicted octanol–water partition coefficient (Wildman–Crippen LogP) is 3.78. The van der Waals surface area contributed by atoms with Crippen LogP contribution in [-0.2, 0) is 6.18 Å². The number of alkyl halides is 3. The number of halogens is 3. The van der Waals surface area contributed by atoms with Crippen LogP contribution in [0.1, 0.15) is 37.7 Å². The normalized spacial score (nSPS) is 11.4. The van der Waals surface area contributed by atoms with E-state index in [0.29, 0.717) is 0 Å². The first-order chi connectivity index (χ1) is 11.1. The summed E-state index contributed by atoms with van der Waals surface area (Å²) in [5.74, 6) is -3.09. The first kappa shape index (κ1) is 17.5. The molecule has 1 aromatic heterocycles. The van der Waals surface area contributed by atoms with Gasteiger partial charge in [0.25, 0.3) is 0 Å². The minimum absolute atomic E-state index is 0.0584. The summed E-state index contributed by atoms with van der Waals surface area (Å²) in [6.45, 7) is 2.61. The summed E-state index contributed by atoms with van der Waals surface area (Å²) in [5.41, 5.74) is -3.35. The van der Waals surface area contributed by atoms with Crippen LogP contribution in [0.3, 0.4) is 0 Å². The molecule has 24 heavy (non-hydrogen) atoms. The van der Waals surface area contributed by atoms with Crippen LogP contribution in [0.15, 0.2) is 24.3 Å². The van der Waals surface area contributed by atoms with E-state index in [2.05, 4.69) is 4.98 Å². The summed E-state index contributed by atoms with van der Waals surface area (Å²) in [4.78, 5) is 26.9. The second kappa shape index (κ2) is 5.95. The molecule has 0 unspecified atom stereocenters. The van der Waals surface area contributed by atoms with Crippen LogP contribution < -0.4 is 0 Å². The van der Waals surface area contributed by atoms with Gasteiger partial charge in [0.15, 0.2) is 0 Å². The molecule has 5 nitrogen and oxygen atoms in total. The Kier molecular flexibility index (Phi) is 4.33. The van der Waals surface area contributed by atoms with Gasteiger partial charge in [-0.05, 0) is 25.5 Å². The molecule has 0 spiro atoms. The minimum Gasteiger partial charge on any atom is -0.478 e. The highest BCUT2D eigenvalue weighted by Gasteiger charge is 2.36. The van der Waals surface area contributed by atoms with Crippen LogP contribution in [0.4, 0.5) is 13.2 Å². The summed E-state index contributed by atoms with van der Waals surface area (Å²) < 4.78 is 39.9. The van der Waals surface area contributed by atoms with Gasteiger partial charge in [0, 0.05) is 5.56 Å². The Morgan fingerprint density at radius 2 is 1.42 bits per heavy atom. The van der Waals surface area contributed by atoms with Crippen molar-refractivity contribution in [3.8, 4) is 11.1 Å². The Morgan fingerprint density at radius 1 is 0.958 bits per heavy atom. The lowest BCUT2D eigenvalue weighted by molar-refractivity contribution is -0.137. The first-order valence-electron chi connectivity index (χ1n) is 6.70. The van der Waals surface area contributed by atoms with Gasteiger partial charge < -0.3 is 10.2 Å². The summed E-state index contributed by atoms with van der Waals surface area (Å²) in [7, 11) is 0.